The minimum Gasteiger partial charge on any atom is -0.316 e. The van der Waals surface area contributed by atoms with E-state index in [0.29, 0.717) is 19.0 Å². The van der Waals surface area contributed by atoms with Crippen molar-refractivity contribution in [2.24, 2.45) is 0 Å². The highest BCUT2D eigenvalue weighted by Crippen LogP contribution is 2.11. The van der Waals surface area contributed by atoms with Crippen LogP contribution >= 0.6 is 0 Å². The molecule has 60 valence electrons. The second-order valence-electron chi connectivity index (χ2n) is 3.04. The smallest absolute Gasteiger partial charge is 0.114 e. The van der Waals surface area contributed by atoms with E-state index in [9.17, 15) is 4.39 Å². The van der Waals surface area contributed by atoms with Gasteiger partial charge < -0.3 is 10.2 Å². The predicted molar refractivity (Wildman–Crippen MR) is 39.9 cm³/mol. The number of likely N-dealkylation sites (tertiary alicyclic amines) is 1. The molecule has 0 radical (unpaired) electrons. The Morgan fingerprint density at radius 1 is 1.50 bits per heavy atom. The number of hydrogen-bond acceptors (Lipinski definition) is 2. The lowest BCUT2D eigenvalue weighted by Crippen LogP contribution is -2.47. The maximum atomic E-state index is 12.8. The molecule has 1 heterocycles. The summed E-state index contributed by atoms with van der Waals surface area (Å²) in [5, 5.41) is 3.08. The predicted octanol–water partition coefficient (Wildman–Crippen LogP) is 0.248. The Labute approximate surface area is 61.4 Å². The van der Waals surface area contributed by atoms with Crippen LogP contribution in [0.4, 0.5) is 4.39 Å². The summed E-state index contributed by atoms with van der Waals surface area (Å²) in [5.41, 5.74) is 0. The molecule has 0 aromatic rings. The molecule has 1 fully saturated rings. The minimum absolute atomic E-state index is 0.341. The van der Waals surface area contributed by atoms with Gasteiger partial charge in [0.15, 0.2) is 0 Å². The van der Waals surface area contributed by atoms with E-state index in [0.717, 1.165) is 6.54 Å². The molecule has 1 N–H and O–H groups in total. The third kappa shape index (κ3) is 1.92. The highest BCUT2D eigenvalue weighted by molar-refractivity contribution is 4.80. The normalized spacial score (nSPS) is 36.3. The van der Waals surface area contributed by atoms with E-state index in [1.165, 1.54) is 0 Å². The average Bonchev–Trinajstić information content (AvgIpc) is 1.85. The van der Waals surface area contributed by atoms with Crippen molar-refractivity contribution in [3.63, 3.8) is 0 Å². The van der Waals surface area contributed by atoms with Gasteiger partial charge in [-0.15, -0.1) is 0 Å². The number of piperidine rings is 1. The molecule has 3 heteroatoms. The lowest BCUT2D eigenvalue weighted by atomic mass is 10.1. The molecular weight excluding hydrogens is 131 g/mol. The van der Waals surface area contributed by atoms with E-state index in [2.05, 4.69) is 5.32 Å². The van der Waals surface area contributed by atoms with Gasteiger partial charge in [0.2, 0.25) is 0 Å². The largest absolute Gasteiger partial charge is 0.316 e. The van der Waals surface area contributed by atoms with Gasteiger partial charge in [0.25, 0.3) is 0 Å². The van der Waals surface area contributed by atoms with Gasteiger partial charge in [-0.2, -0.15) is 0 Å². The van der Waals surface area contributed by atoms with Crippen LogP contribution in [0.5, 0.6) is 0 Å². The van der Waals surface area contributed by atoms with Gasteiger partial charge >= 0.3 is 0 Å². The maximum absolute atomic E-state index is 12.8. The van der Waals surface area contributed by atoms with Gasteiger partial charge in [-0.3, -0.25) is 0 Å². The second-order valence-corrected chi connectivity index (χ2v) is 3.04. The maximum Gasteiger partial charge on any atom is 0.114 e. The van der Waals surface area contributed by atoms with Crippen molar-refractivity contribution in [1.29, 1.82) is 0 Å². The van der Waals surface area contributed by atoms with Crippen molar-refractivity contribution in [3.05, 3.63) is 0 Å². The molecule has 1 aliphatic rings. The first-order valence-electron chi connectivity index (χ1n) is 3.72. The number of likely N-dealkylation sites (N-methyl/N-ethyl adjacent to an activating group) is 2. The van der Waals surface area contributed by atoms with E-state index in [4.69, 9.17) is 0 Å². The van der Waals surface area contributed by atoms with Crippen molar-refractivity contribution in [3.8, 4) is 0 Å². The summed E-state index contributed by atoms with van der Waals surface area (Å²) >= 11 is 0. The summed E-state index contributed by atoms with van der Waals surface area (Å²) in [6, 6.07) is 0.341. The first-order valence-corrected chi connectivity index (χ1v) is 3.72. The van der Waals surface area contributed by atoms with Gasteiger partial charge in [0.1, 0.15) is 6.17 Å². The third-order valence-corrected chi connectivity index (χ3v) is 1.99. The molecule has 1 unspecified atom stereocenters. The Morgan fingerprint density at radius 3 is 2.70 bits per heavy atom. The van der Waals surface area contributed by atoms with Crippen LogP contribution in [0.2, 0.25) is 0 Å². The zero-order chi connectivity index (χ0) is 7.56. The van der Waals surface area contributed by atoms with Crippen molar-refractivity contribution >= 4 is 0 Å². The van der Waals surface area contributed by atoms with Crippen LogP contribution in [-0.2, 0) is 0 Å². The van der Waals surface area contributed by atoms with Crippen LogP contribution in [0.25, 0.3) is 0 Å². The topological polar surface area (TPSA) is 15.3 Å². The second kappa shape index (κ2) is 3.30. The molecule has 2 nitrogen and oxygen atoms in total. The first-order chi connectivity index (χ1) is 4.72. The van der Waals surface area contributed by atoms with Crippen molar-refractivity contribution in [2.75, 3.05) is 27.2 Å². The molecule has 10 heavy (non-hydrogen) atoms. The summed E-state index contributed by atoms with van der Waals surface area (Å²) < 4.78 is 12.8. The summed E-state index contributed by atoms with van der Waals surface area (Å²) in [4.78, 5) is 2.02. The fourth-order valence-corrected chi connectivity index (χ4v) is 1.46. The Bertz CT molecular complexity index is 97.8. The van der Waals surface area contributed by atoms with Gasteiger partial charge in [-0.1, -0.05) is 0 Å². The Hall–Kier alpha value is -0.150. The van der Waals surface area contributed by atoms with Crippen LogP contribution in [0, 0.1) is 0 Å². The lowest BCUT2D eigenvalue weighted by Gasteiger charge is -2.31. The van der Waals surface area contributed by atoms with Crippen molar-refractivity contribution in [2.45, 2.75) is 18.6 Å². The molecule has 0 saturated carbocycles. The standard InChI is InChI=1S/C7H15FN2/c1-9-7-3-6(8)4-10(2)5-7/h6-7,9H,3-5H2,1-2H3/t6-,7?/m0/s1. The summed E-state index contributed by atoms with van der Waals surface area (Å²) in [5.74, 6) is 0. The molecule has 0 aromatic heterocycles. The number of nitrogens with one attached hydrogen (secondary N) is 1. The fraction of sp³-hybridized carbons (Fsp3) is 1.00. The fourth-order valence-electron chi connectivity index (χ4n) is 1.46. The van der Waals surface area contributed by atoms with E-state index in [1.807, 2.05) is 19.0 Å². The van der Waals surface area contributed by atoms with Crippen LogP contribution in [0.1, 0.15) is 6.42 Å². The zero-order valence-electron chi connectivity index (χ0n) is 6.60. The van der Waals surface area contributed by atoms with Gasteiger partial charge in [-0.05, 0) is 20.5 Å². The average molecular weight is 146 g/mol. The molecule has 0 amide bonds. The molecular formula is C7H15FN2. The highest BCUT2D eigenvalue weighted by atomic mass is 19.1. The van der Waals surface area contributed by atoms with Crippen LogP contribution < -0.4 is 5.32 Å². The Balaban J connectivity index is 2.35. The SMILES string of the molecule is CNC1C[C@H](F)CN(C)C1. The van der Waals surface area contributed by atoms with Crippen LogP contribution in [0.15, 0.2) is 0 Å². The summed E-state index contributed by atoms with van der Waals surface area (Å²) in [6.45, 7) is 1.56. The van der Waals surface area contributed by atoms with E-state index in [1.54, 1.807) is 0 Å². The zero-order valence-corrected chi connectivity index (χ0v) is 6.60. The quantitative estimate of drug-likeness (QED) is 0.570. The van der Waals surface area contributed by atoms with Crippen molar-refractivity contribution < 1.29 is 4.39 Å². The summed E-state index contributed by atoms with van der Waals surface area (Å²) in [7, 11) is 3.84. The molecule has 0 aliphatic carbocycles. The van der Waals surface area contributed by atoms with E-state index in [-0.39, 0.29) is 0 Å². The van der Waals surface area contributed by atoms with Crippen LogP contribution in [0.3, 0.4) is 0 Å². The van der Waals surface area contributed by atoms with Crippen molar-refractivity contribution in [1.82, 2.24) is 10.2 Å². The number of halogens is 1. The third-order valence-electron chi connectivity index (χ3n) is 1.99. The number of hydrogen-bond donors (Lipinski definition) is 1. The lowest BCUT2D eigenvalue weighted by molar-refractivity contribution is 0.136. The first kappa shape index (κ1) is 7.95. The molecule has 0 aromatic carbocycles. The molecule has 2 atom stereocenters. The molecule has 1 aliphatic heterocycles. The molecule has 1 rings (SSSR count). The molecule has 0 bridgehead atoms. The number of rotatable bonds is 1. The highest BCUT2D eigenvalue weighted by Gasteiger charge is 2.23. The van der Waals surface area contributed by atoms with Gasteiger partial charge in [0, 0.05) is 19.1 Å². The molecule has 0 spiro atoms. The van der Waals surface area contributed by atoms with E-state index < -0.39 is 6.17 Å². The Morgan fingerprint density at radius 2 is 2.20 bits per heavy atom. The minimum atomic E-state index is -0.642. The van der Waals surface area contributed by atoms with Gasteiger partial charge in [-0.25, -0.2) is 4.39 Å². The van der Waals surface area contributed by atoms with Gasteiger partial charge in [0.05, 0.1) is 0 Å². The monoisotopic (exact) mass is 146 g/mol. The summed E-state index contributed by atoms with van der Waals surface area (Å²) in [6.07, 6.45) is 0.0251. The number of alkyl halides is 1. The molecule has 1 saturated heterocycles. The van der Waals surface area contributed by atoms with Crippen LogP contribution in [-0.4, -0.2) is 44.3 Å². The Kier molecular flexibility index (Phi) is 2.63. The number of nitrogens with zero attached hydrogens (tertiary/aromatic N) is 1. The van der Waals surface area contributed by atoms with E-state index >= 15 is 0 Å².